The van der Waals surface area contributed by atoms with E-state index < -0.39 is 6.10 Å². The lowest BCUT2D eigenvalue weighted by Crippen LogP contribution is -2.50. The lowest BCUT2D eigenvalue weighted by atomic mass is 9.97. The molecule has 1 aliphatic rings. The van der Waals surface area contributed by atoms with E-state index in [1.165, 1.54) is 0 Å². The quantitative estimate of drug-likeness (QED) is 0.560. The number of carbonyl (C=O) groups is 2. The van der Waals surface area contributed by atoms with Crippen molar-refractivity contribution in [1.29, 1.82) is 0 Å². The Kier molecular flexibility index (Phi) is 8.78. The third-order valence-electron chi connectivity index (χ3n) is 7.35. The molecule has 35 heavy (non-hydrogen) atoms. The summed E-state index contributed by atoms with van der Waals surface area (Å²) in [6.07, 6.45) is 1.63. The lowest BCUT2D eigenvalue weighted by molar-refractivity contribution is -0.129. The van der Waals surface area contributed by atoms with E-state index in [-0.39, 0.29) is 17.9 Å². The maximum Gasteiger partial charge on any atom is 0.261 e. The summed E-state index contributed by atoms with van der Waals surface area (Å²) < 4.78 is 6.26. The second-order valence-corrected chi connectivity index (χ2v) is 9.60. The van der Waals surface area contributed by atoms with E-state index in [9.17, 15) is 9.59 Å². The summed E-state index contributed by atoms with van der Waals surface area (Å²) in [5.74, 6) is 0.738. The highest BCUT2D eigenvalue weighted by Gasteiger charge is 2.27. The molecule has 1 saturated heterocycles. The predicted molar refractivity (Wildman–Crippen MR) is 142 cm³/mol. The van der Waals surface area contributed by atoms with Gasteiger partial charge in [0, 0.05) is 37.6 Å². The van der Waals surface area contributed by atoms with Crippen molar-refractivity contribution in [2.75, 3.05) is 37.3 Å². The smallest absolute Gasteiger partial charge is 0.261 e. The first-order valence-corrected chi connectivity index (χ1v) is 12.5. The molecule has 0 saturated carbocycles. The van der Waals surface area contributed by atoms with Crippen molar-refractivity contribution in [3.63, 3.8) is 0 Å². The predicted octanol–water partition coefficient (Wildman–Crippen LogP) is 3.90. The number of nitrogens with zero attached hydrogens (tertiary/aromatic N) is 2. The molecule has 1 fully saturated rings. The molecule has 1 atom stereocenters. The number of rotatable bonds is 8. The van der Waals surface area contributed by atoms with Gasteiger partial charge >= 0.3 is 0 Å². The van der Waals surface area contributed by atoms with Crippen LogP contribution in [0.5, 0.6) is 5.75 Å². The zero-order chi connectivity index (χ0) is 25.7. The summed E-state index contributed by atoms with van der Waals surface area (Å²) in [6, 6.07) is 9.74. The van der Waals surface area contributed by atoms with Crippen LogP contribution in [0.15, 0.2) is 30.3 Å². The van der Waals surface area contributed by atoms with Crippen molar-refractivity contribution in [3.8, 4) is 5.75 Å². The highest BCUT2D eigenvalue weighted by molar-refractivity contribution is 5.94. The first-order chi connectivity index (χ1) is 16.6. The second kappa shape index (κ2) is 11.6. The average molecular weight is 481 g/mol. The van der Waals surface area contributed by atoms with Gasteiger partial charge in [0.15, 0.2) is 6.10 Å². The van der Waals surface area contributed by atoms with Gasteiger partial charge in [0.2, 0.25) is 5.91 Å². The summed E-state index contributed by atoms with van der Waals surface area (Å²) in [7, 11) is 1.81. The highest BCUT2D eigenvalue weighted by Crippen LogP contribution is 2.35. The van der Waals surface area contributed by atoms with Gasteiger partial charge in [-0.25, -0.2) is 0 Å². The molecule has 0 bridgehead atoms. The fraction of sp³-hybridized carbons (Fsp3) is 0.500. The van der Waals surface area contributed by atoms with E-state index in [0.29, 0.717) is 13.0 Å². The molecule has 1 unspecified atom stereocenters. The fourth-order valence-corrected chi connectivity index (χ4v) is 4.57. The molecule has 2 aromatic carbocycles. The summed E-state index contributed by atoms with van der Waals surface area (Å²) in [6.45, 7) is 11.8. The number of nitrogens with two attached hydrogens (primary N) is 1. The minimum atomic E-state index is -0.561. The van der Waals surface area contributed by atoms with Crippen molar-refractivity contribution in [1.82, 2.24) is 10.2 Å². The summed E-state index contributed by atoms with van der Waals surface area (Å²) >= 11 is 0. The van der Waals surface area contributed by atoms with Crippen molar-refractivity contribution < 1.29 is 14.3 Å². The fourth-order valence-electron chi connectivity index (χ4n) is 4.57. The minimum absolute atomic E-state index is 0.0676. The van der Waals surface area contributed by atoms with Gasteiger partial charge in [-0.1, -0.05) is 25.1 Å². The number of carbonyl (C=O) groups excluding carboxylic acids is 2. The van der Waals surface area contributed by atoms with Gasteiger partial charge in [-0.3, -0.25) is 14.5 Å². The van der Waals surface area contributed by atoms with Gasteiger partial charge < -0.3 is 20.7 Å². The van der Waals surface area contributed by atoms with Gasteiger partial charge in [-0.15, -0.1) is 0 Å². The Morgan fingerprint density at radius 1 is 1.06 bits per heavy atom. The number of amides is 2. The molecule has 190 valence electrons. The topological polar surface area (TPSA) is 87.9 Å². The van der Waals surface area contributed by atoms with E-state index >= 15 is 0 Å². The summed E-state index contributed by atoms with van der Waals surface area (Å²) in [5.41, 5.74) is 11.9. The number of piperidine rings is 1. The van der Waals surface area contributed by atoms with Gasteiger partial charge in [0.1, 0.15) is 5.75 Å². The Bertz CT molecular complexity index is 1020. The molecular formula is C28H40N4O3. The number of ether oxygens (including phenoxy) is 1. The van der Waals surface area contributed by atoms with Crippen LogP contribution in [-0.2, 0) is 9.59 Å². The van der Waals surface area contributed by atoms with E-state index in [4.69, 9.17) is 10.5 Å². The number of para-hydroxylation sites is 1. The Balaban J connectivity index is 1.53. The van der Waals surface area contributed by atoms with Crippen LogP contribution >= 0.6 is 0 Å². The summed E-state index contributed by atoms with van der Waals surface area (Å²) in [5, 5.41) is 3.18. The normalized spacial score (nSPS) is 15.5. The molecule has 0 spiro atoms. The number of likely N-dealkylation sites (tertiary alicyclic amines) is 1. The summed E-state index contributed by atoms with van der Waals surface area (Å²) in [4.78, 5) is 29.6. The maximum atomic E-state index is 13.1. The van der Waals surface area contributed by atoms with Crippen molar-refractivity contribution >= 4 is 23.2 Å². The van der Waals surface area contributed by atoms with Crippen LogP contribution < -0.4 is 20.7 Å². The third kappa shape index (κ3) is 6.14. The second-order valence-electron chi connectivity index (χ2n) is 9.60. The van der Waals surface area contributed by atoms with Gasteiger partial charge in [0.05, 0.1) is 6.54 Å². The van der Waals surface area contributed by atoms with Crippen molar-refractivity contribution in [2.24, 2.45) is 0 Å². The van der Waals surface area contributed by atoms with Gasteiger partial charge in [0.25, 0.3) is 5.91 Å². The molecule has 3 N–H and O–H groups in total. The van der Waals surface area contributed by atoms with Crippen LogP contribution in [0.3, 0.4) is 0 Å². The SMILES string of the molecule is CCC(Oc1c(C)c(C)c(N)c(C)c1C)C(=O)NC1CCN(CC(=O)N(C)c2ccccc2)CC1. The zero-order valence-electron chi connectivity index (χ0n) is 22.0. The molecule has 1 heterocycles. The third-order valence-corrected chi connectivity index (χ3v) is 7.35. The Morgan fingerprint density at radius 2 is 1.63 bits per heavy atom. The molecule has 3 rings (SSSR count). The van der Waals surface area contributed by atoms with Crippen LogP contribution in [0.1, 0.15) is 48.4 Å². The highest BCUT2D eigenvalue weighted by atomic mass is 16.5. The van der Waals surface area contributed by atoms with Crippen molar-refractivity contribution in [2.45, 2.75) is 66.0 Å². The Morgan fingerprint density at radius 3 is 2.17 bits per heavy atom. The number of hydrogen-bond acceptors (Lipinski definition) is 5. The first kappa shape index (κ1) is 26.5. The number of hydrogen-bond donors (Lipinski definition) is 2. The van der Waals surface area contributed by atoms with Crippen LogP contribution in [0.2, 0.25) is 0 Å². The average Bonchev–Trinajstić information content (AvgIpc) is 2.87. The van der Waals surface area contributed by atoms with Crippen LogP contribution in [0.25, 0.3) is 0 Å². The largest absolute Gasteiger partial charge is 0.480 e. The van der Waals surface area contributed by atoms with Gasteiger partial charge in [-0.05, 0) is 81.3 Å². The number of anilines is 2. The zero-order valence-corrected chi connectivity index (χ0v) is 22.0. The van der Waals surface area contributed by atoms with Crippen molar-refractivity contribution in [3.05, 3.63) is 52.6 Å². The van der Waals surface area contributed by atoms with E-state index in [2.05, 4.69) is 10.2 Å². The molecule has 0 radical (unpaired) electrons. The lowest BCUT2D eigenvalue weighted by Gasteiger charge is -2.33. The van der Waals surface area contributed by atoms with Crippen LogP contribution in [-0.4, -0.2) is 55.5 Å². The number of likely N-dealkylation sites (N-methyl/N-ethyl adjacent to an activating group) is 1. The molecule has 2 amide bonds. The number of benzene rings is 2. The monoisotopic (exact) mass is 480 g/mol. The number of nitrogen functional groups attached to an aromatic ring is 1. The Labute approximate surface area is 209 Å². The minimum Gasteiger partial charge on any atom is -0.480 e. The number of nitrogens with one attached hydrogen (secondary N) is 1. The van der Waals surface area contributed by atoms with E-state index in [0.717, 1.165) is 65.3 Å². The van der Waals surface area contributed by atoms with Crippen LogP contribution in [0.4, 0.5) is 11.4 Å². The molecule has 2 aromatic rings. The molecule has 1 aliphatic heterocycles. The van der Waals surface area contributed by atoms with E-state index in [1.54, 1.807) is 4.90 Å². The standard InChI is InChI=1S/C28H40N4O3/c1-7-24(35-27-20(4)18(2)26(29)19(3)21(27)5)28(34)30-22-13-15-32(16-14-22)17-25(33)31(6)23-11-9-8-10-12-23/h8-12,22,24H,7,13-17,29H2,1-6H3,(H,30,34). The Hall–Kier alpha value is -3.06. The molecule has 0 aromatic heterocycles. The molecule has 7 nitrogen and oxygen atoms in total. The molecule has 7 heteroatoms. The maximum absolute atomic E-state index is 13.1. The molecule has 0 aliphatic carbocycles. The van der Waals surface area contributed by atoms with Gasteiger partial charge in [-0.2, -0.15) is 0 Å². The van der Waals surface area contributed by atoms with E-state index in [1.807, 2.05) is 72.0 Å². The van der Waals surface area contributed by atoms with Crippen LogP contribution in [0, 0.1) is 27.7 Å². The molecular weight excluding hydrogens is 440 g/mol. The first-order valence-electron chi connectivity index (χ1n) is 12.5.